The van der Waals surface area contributed by atoms with Crippen molar-refractivity contribution in [1.29, 1.82) is 0 Å². The van der Waals surface area contributed by atoms with Crippen molar-refractivity contribution in [1.82, 2.24) is 10.5 Å². The first-order chi connectivity index (χ1) is 7.09. The van der Waals surface area contributed by atoms with Gasteiger partial charge in [-0.25, -0.2) is 0 Å². The zero-order valence-corrected chi connectivity index (χ0v) is 8.93. The number of carboxylic acid groups (broad SMARTS) is 1. The van der Waals surface area contributed by atoms with Gasteiger partial charge in [-0.2, -0.15) is 0 Å². The number of rotatable bonds is 6. The average Bonchev–Trinajstić information content (AvgIpc) is 2.63. The Morgan fingerprint density at radius 2 is 2.40 bits per heavy atom. The predicted octanol–water partition coefficient (Wildman–Crippen LogP) is 1.26. The summed E-state index contributed by atoms with van der Waals surface area (Å²) in [6.45, 7) is 4.46. The van der Waals surface area contributed by atoms with Crippen molar-refractivity contribution in [2.45, 2.75) is 32.9 Å². The van der Waals surface area contributed by atoms with Crippen LogP contribution in [0.15, 0.2) is 17.0 Å². The maximum atomic E-state index is 10.9. The van der Waals surface area contributed by atoms with E-state index >= 15 is 0 Å². The molecule has 84 valence electrons. The summed E-state index contributed by atoms with van der Waals surface area (Å²) < 4.78 is 4.65. The molecule has 5 nitrogen and oxygen atoms in total. The summed E-state index contributed by atoms with van der Waals surface area (Å²) in [6.07, 6.45) is 3.68. The molecule has 0 aromatic carbocycles. The quantitative estimate of drug-likeness (QED) is 0.742. The van der Waals surface area contributed by atoms with Crippen LogP contribution in [0, 0.1) is 5.92 Å². The van der Waals surface area contributed by atoms with Crippen LogP contribution in [0.4, 0.5) is 0 Å². The molecule has 15 heavy (non-hydrogen) atoms. The molecule has 0 fully saturated rings. The number of aromatic nitrogens is 1. The first-order valence-corrected chi connectivity index (χ1v) is 4.94. The van der Waals surface area contributed by atoms with Crippen LogP contribution in [0.25, 0.3) is 0 Å². The van der Waals surface area contributed by atoms with Crippen LogP contribution in [0.2, 0.25) is 0 Å². The molecular weight excluding hydrogens is 196 g/mol. The van der Waals surface area contributed by atoms with E-state index in [-0.39, 0.29) is 0 Å². The number of aliphatic carboxylic acids is 1. The van der Waals surface area contributed by atoms with Gasteiger partial charge in [-0.05, 0) is 12.3 Å². The zero-order valence-electron chi connectivity index (χ0n) is 8.93. The molecular formula is C10H16N2O3. The van der Waals surface area contributed by atoms with Crippen LogP contribution >= 0.6 is 0 Å². The second-order valence-electron chi connectivity index (χ2n) is 3.93. The Morgan fingerprint density at radius 1 is 1.67 bits per heavy atom. The smallest absolute Gasteiger partial charge is 0.320 e. The molecule has 0 aliphatic carbocycles. The Kier molecular flexibility index (Phi) is 4.30. The van der Waals surface area contributed by atoms with Gasteiger partial charge in [-0.3, -0.25) is 4.79 Å². The van der Waals surface area contributed by atoms with E-state index in [2.05, 4.69) is 15.0 Å². The lowest BCUT2D eigenvalue weighted by molar-refractivity contribution is -0.140. The van der Waals surface area contributed by atoms with Crippen molar-refractivity contribution >= 4 is 5.97 Å². The SMILES string of the molecule is CC(C)CC(NCc1cnoc1)C(=O)O. The molecule has 0 saturated heterocycles. The molecule has 1 atom stereocenters. The number of nitrogens with one attached hydrogen (secondary N) is 1. The first kappa shape index (κ1) is 11.7. The predicted molar refractivity (Wildman–Crippen MR) is 54.2 cm³/mol. The van der Waals surface area contributed by atoms with Crippen LogP contribution in [0.1, 0.15) is 25.8 Å². The maximum absolute atomic E-state index is 10.9. The van der Waals surface area contributed by atoms with Crippen molar-refractivity contribution in [2.75, 3.05) is 0 Å². The van der Waals surface area contributed by atoms with Gasteiger partial charge in [0.1, 0.15) is 12.3 Å². The van der Waals surface area contributed by atoms with Gasteiger partial charge in [0.05, 0.1) is 6.20 Å². The van der Waals surface area contributed by atoms with E-state index in [1.54, 1.807) is 6.20 Å². The van der Waals surface area contributed by atoms with Crippen LogP contribution in [-0.4, -0.2) is 22.3 Å². The molecule has 5 heteroatoms. The molecule has 1 unspecified atom stereocenters. The van der Waals surface area contributed by atoms with Crippen molar-refractivity contribution in [3.8, 4) is 0 Å². The lowest BCUT2D eigenvalue weighted by atomic mass is 10.0. The highest BCUT2D eigenvalue weighted by Crippen LogP contribution is 2.06. The molecule has 0 aliphatic heterocycles. The summed E-state index contributed by atoms with van der Waals surface area (Å²) >= 11 is 0. The molecule has 0 aliphatic rings. The molecule has 2 N–H and O–H groups in total. The maximum Gasteiger partial charge on any atom is 0.320 e. The van der Waals surface area contributed by atoms with Gasteiger partial charge in [-0.1, -0.05) is 19.0 Å². The minimum absolute atomic E-state index is 0.348. The van der Waals surface area contributed by atoms with Gasteiger partial charge in [-0.15, -0.1) is 0 Å². The lowest BCUT2D eigenvalue weighted by Gasteiger charge is -2.15. The molecule has 0 spiro atoms. The minimum Gasteiger partial charge on any atom is -0.480 e. The van der Waals surface area contributed by atoms with Crippen molar-refractivity contribution in [3.63, 3.8) is 0 Å². The third-order valence-corrected chi connectivity index (χ3v) is 2.04. The van der Waals surface area contributed by atoms with Gasteiger partial charge >= 0.3 is 5.97 Å². The fourth-order valence-corrected chi connectivity index (χ4v) is 1.30. The van der Waals surface area contributed by atoms with Gasteiger partial charge in [0.25, 0.3) is 0 Å². The Hall–Kier alpha value is -1.36. The average molecular weight is 212 g/mol. The number of carboxylic acids is 1. The summed E-state index contributed by atoms with van der Waals surface area (Å²) in [6, 6.07) is -0.514. The fourth-order valence-electron chi connectivity index (χ4n) is 1.30. The fraction of sp³-hybridized carbons (Fsp3) is 0.600. The third-order valence-electron chi connectivity index (χ3n) is 2.04. The van der Waals surface area contributed by atoms with Crippen LogP contribution in [0.3, 0.4) is 0 Å². The van der Waals surface area contributed by atoms with Crippen molar-refractivity contribution in [3.05, 3.63) is 18.0 Å². The second-order valence-corrected chi connectivity index (χ2v) is 3.93. The second kappa shape index (κ2) is 5.50. The lowest BCUT2D eigenvalue weighted by Crippen LogP contribution is -2.37. The largest absolute Gasteiger partial charge is 0.480 e. The number of hydrogen-bond donors (Lipinski definition) is 2. The van der Waals surface area contributed by atoms with E-state index < -0.39 is 12.0 Å². The topological polar surface area (TPSA) is 75.4 Å². The van der Waals surface area contributed by atoms with Crippen LogP contribution in [-0.2, 0) is 11.3 Å². The van der Waals surface area contributed by atoms with E-state index in [9.17, 15) is 4.79 Å². The Morgan fingerprint density at radius 3 is 2.87 bits per heavy atom. The number of carbonyl (C=O) groups is 1. The highest BCUT2D eigenvalue weighted by atomic mass is 16.5. The number of hydrogen-bond acceptors (Lipinski definition) is 4. The van der Waals surface area contributed by atoms with Gasteiger partial charge in [0.15, 0.2) is 0 Å². The summed E-state index contributed by atoms with van der Waals surface area (Å²) in [5, 5.41) is 15.4. The molecule has 1 aromatic rings. The summed E-state index contributed by atoms with van der Waals surface area (Å²) in [4.78, 5) is 10.9. The Labute approximate surface area is 88.5 Å². The molecule has 0 bridgehead atoms. The Bertz CT molecular complexity index is 296. The van der Waals surface area contributed by atoms with Gasteiger partial charge in [0, 0.05) is 12.1 Å². The van der Waals surface area contributed by atoms with Gasteiger partial charge in [0.2, 0.25) is 0 Å². The molecule has 1 aromatic heterocycles. The van der Waals surface area contributed by atoms with E-state index in [0.29, 0.717) is 18.9 Å². The van der Waals surface area contributed by atoms with Crippen LogP contribution < -0.4 is 5.32 Å². The normalized spacial score (nSPS) is 13.0. The summed E-state index contributed by atoms with van der Waals surface area (Å²) in [5.41, 5.74) is 0.852. The summed E-state index contributed by atoms with van der Waals surface area (Å²) in [7, 11) is 0. The standard InChI is InChI=1S/C10H16N2O3/c1-7(2)3-9(10(13)14)11-4-8-5-12-15-6-8/h5-7,9,11H,3-4H2,1-2H3,(H,13,14). The third kappa shape index (κ3) is 4.12. The summed E-state index contributed by atoms with van der Waals surface area (Å²) in [5.74, 6) is -0.471. The van der Waals surface area contributed by atoms with Crippen LogP contribution in [0.5, 0.6) is 0 Å². The van der Waals surface area contributed by atoms with E-state index in [4.69, 9.17) is 5.11 Å². The zero-order chi connectivity index (χ0) is 11.3. The van der Waals surface area contributed by atoms with Crippen molar-refractivity contribution < 1.29 is 14.4 Å². The molecule has 0 radical (unpaired) electrons. The highest BCUT2D eigenvalue weighted by Gasteiger charge is 2.17. The van der Waals surface area contributed by atoms with E-state index in [0.717, 1.165) is 5.56 Å². The Balaban J connectivity index is 2.41. The first-order valence-electron chi connectivity index (χ1n) is 4.94. The van der Waals surface area contributed by atoms with E-state index in [1.165, 1.54) is 6.26 Å². The monoisotopic (exact) mass is 212 g/mol. The van der Waals surface area contributed by atoms with Crippen molar-refractivity contribution in [2.24, 2.45) is 5.92 Å². The number of nitrogens with zero attached hydrogens (tertiary/aromatic N) is 1. The molecule has 1 rings (SSSR count). The molecule has 0 amide bonds. The highest BCUT2D eigenvalue weighted by molar-refractivity contribution is 5.73. The molecule has 1 heterocycles. The molecule has 0 saturated carbocycles. The minimum atomic E-state index is -0.819. The van der Waals surface area contributed by atoms with E-state index in [1.807, 2.05) is 13.8 Å². The van der Waals surface area contributed by atoms with Gasteiger partial charge < -0.3 is 14.9 Å².